The Bertz CT molecular complexity index is 783. The van der Waals surface area contributed by atoms with Crippen LogP contribution in [0.1, 0.15) is 63.1 Å². The van der Waals surface area contributed by atoms with Crippen LogP contribution in [0.15, 0.2) is 42.9 Å². The molecular weight excluding hydrogens is 360 g/mol. The van der Waals surface area contributed by atoms with Crippen molar-refractivity contribution in [2.45, 2.75) is 58.8 Å². The van der Waals surface area contributed by atoms with Crippen molar-refractivity contribution < 1.29 is 23.8 Å². The van der Waals surface area contributed by atoms with Crippen LogP contribution in [0, 0.1) is 0 Å². The lowest BCUT2D eigenvalue weighted by Crippen LogP contribution is -2.31. The molecule has 0 unspecified atom stereocenters. The first-order valence-corrected chi connectivity index (χ1v) is 9.33. The van der Waals surface area contributed by atoms with Crippen molar-refractivity contribution in [2.75, 3.05) is 6.61 Å². The number of carbonyl (C=O) groups excluding carboxylic acids is 2. The van der Waals surface area contributed by atoms with Crippen LogP contribution >= 0.6 is 0 Å². The largest absolute Gasteiger partial charge is 0.508 e. The van der Waals surface area contributed by atoms with Gasteiger partial charge in [-0.25, -0.2) is 14.6 Å². The maximum Gasteiger partial charge on any atom is 0.508 e. The number of aromatic nitrogens is 2. The second-order valence-corrected chi connectivity index (χ2v) is 7.44. The maximum absolute atomic E-state index is 12.7. The van der Waals surface area contributed by atoms with Crippen LogP contribution in [0.4, 0.5) is 4.79 Å². The molecule has 7 heteroatoms. The number of imidazole rings is 1. The number of rotatable bonds is 8. The van der Waals surface area contributed by atoms with Crippen molar-refractivity contribution in [2.24, 2.45) is 0 Å². The van der Waals surface area contributed by atoms with Gasteiger partial charge in [0.05, 0.1) is 31.3 Å². The van der Waals surface area contributed by atoms with Gasteiger partial charge in [-0.05, 0) is 40.2 Å². The number of benzene rings is 1. The number of hydrogen-bond acceptors (Lipinski definition) is 6. The third-order valence-corrected chi connectivity index (χ3v) is 4.20. The molecule has 0 radical (unpaired) electrons. The van der Waals surface area contributed by atoms with Gasteiger partial charge in [0.25, 0.3) is 0 Å². The lowest BCUT2D eigenvalue weighted by molar-refractivity contribution is -0.0201. The zero-order chi connectivity index (χ0) is 20.7. The second kappa shape index (κ2) is 9.39. The van der Waals surface area contributed by atoms with Crippen LogP contribution in [-0.4, -0.2) is 40.0 Å². The van der Waals surface area contributed by atoms with E-state index < -0.39 is 17.7 Å². The molecule has 0 aliphatic rings. The summed E-state index contributed by atoms with van der Waals surface area (Å²) in [6.45, 7) is 9.10. The molecule has 0 bridgehead atoms. The van der Waals surface area contributed by atoms with Crippen LogP contribution in [0.25, 0.3) is 0 Å². The average Bonchev–Trinajstić information content (AvgIpc) is 3.10. The predicted molar refractivity (Wildman–Crippen MR) is 104 cm³/mol. The van der Waals surface area contributed by atoms with Crippen LogP contribution in [0.2, 0.25) is 0 Å². The zero-order valence-electron chi connectivity index (χ0n) is 17.0. The van der Waals surface area contributed by atoms with Gasteiger partial charge in [0.15, 0.2) is 0 Å². The second-order valence-electron chi connectivity index (χ2n) is 7.44. The number of carbonyl (C=O) groups is 2. The highest BCUT2D eigenvalue weighted by Crippen LogP contribution is 2.22. The quantitative estimate of drug-likeness (QED) is 0.625. The third kappa shape index (κ3) is 6.11. The van der Waals surface area contributed by atoms with E-state index in [0.29, 0.717) is 12.1 Å². The summed E-state index contributed by atoms with van der Waals surface area (Å²) in [6.07, 6.45) is 2.48. The van der Waals surface area contributed by atoms with Crippen molar-refractivity contribution in [1.29, 1.82) is 0 Å². The van der Waals surface area contributed by atoms with Gasteiger partial charge in [0.2, 0.25) is 0 Å². The van der Waals surface area contributed by atoms with Crippen molar-refractivity contribution in [1.82, 2.24) is 9.55 Å². The molecule has 0 N–H and O–H groups in total. The van der Waals surface area contributed by atoms with E-state index in [0.717, 1.165) is 5.56 Å². The standard InChI is InChI=1S/C21H28N2O5/c1-15(2)27-20(25)26-12-11-21(4,5)28-19(24)18-13-22-14-23(18)16(3)17-9-7-6-8-10-17/h6-10,13-16H,11-12H2,1-5H3/t16-/m1/s1. The Labute approximate surface area is 165 Å². The third-order valence-electron chi connectivity index (χ3n) is 4.20. The first-order valence-electron chi connectivity index (χ1n) is 9.33. The van der Waals surface area contributed by atoms with E-state index in [-0.39, 0.29) is 18.8 Å². The van der Waals surface area contributed by atoms with Gasteiger partial charge in [-0.15, -0.1) is 0 Å². The fourth-order valence-corrected chi connectivity index (χ4v) is 2.62. The Kier molecular flexibility index (Phi) is 7.20. The zero-order valence-corrected chi connectivity index (χ0v) is 17.0. The normalized spacial score (nSPS) is 12.5. The Morgan fingerprint density at radius 3 is 2.46 bits per heavy atom. The summed E-state index contributed by atoms with van der Waals surface area (Å²) in [5.74, 6) is -0.477. The van der Waals surface area contributed by atoms with Gasteiger partial charge in [-0.2, -0.15) is 0 Å². The highest BCUT2D eigenvalue weighted by atomic mass is 16.7. The summed E-state index contributed by atoms with van der Waals surface area (Å²) in [4.78, 5) is 28.3. The van der Waals surface area contributed by atoms with Crippen molar-refractivity contribution >= 4 is 12.1 Å². The number of ether oxygens (including phenoxy) is 3. The molecule has 2 rings (SSSR count). The van der Waals surface area contributed by atoms with Crippen LogP contribution < -0.4 is 0 Å². The minimum absolute atomic E-state index is 0.0662. The molecule has 0 aliphatic heterocycles. The first-order chi connectivity index (χ1) is 13.2. The monoisotopic (exact) mass is 388 g/mol. The molecule has 0 saturated heterocycles. The topological polar surface area (TPSA) is 79.7 Å². The Hall–Kier alpha value is -2.83. The Morgan fingerprint density at radius 1 is 1.14 bits per heavy atom. The van der Waals surface area contributed by atoms with Crippen molar-refractivity contribution in [3.8, 4) is 0 Å². The Balaban J connectivity index is 1.97. The summed E-state index contributed by atoms with van der Waals surface area (Å²) in [7, 11) is 0. The van der Waals surface area contributed by atoms with Gasteiger partial charge in [0.1, 0.15) is 11.3 Å². The molecule has 0 aliphatic carbocycles. The maximum atomic E-state index is 12.7. The molecule has 1 heterocycles. The predicted octanol–water partition coefficient (Wildman–Crippen LogP) is 4.38. The fraction of sp³-hybridized carbons (Fsp3) is 0.476. The van der Waals surface area contributed by atoms with E-state index >= 15 is 0 Å². The van der Waals surface area contributed by atoms with E-state index in [9.17, 15) is 9.59 Å². The molecule has 28 heavy (non-hydrogen) atoms. The number of esters is 1. The highest BCUT2D eigenvalue weighted by molar-refractivity contribution is 5.87. The lowest BCUT2D eigenvalue weighted by Gasteiger charge is -2.25. The number of nitrogens with zero attached hydrogens (tertiary/aromatic N) is 2. The first kappa shape index (κ1) is 21.5. The highest BCUT2D eigenvalue weighted by Gasteiger charge is 2.27. The van der Waals surface area contributed by atoms with Gasteiger partial charge in [0, 0.05) is 6.42 Å². The van der Waals surface area contributed by atoms with E-state index in [1.807, 2.05) is 37.3 Å². The molecule has 0 spiro atoms. The Morgan fingerprint density at radius 2 is 1.82 bits per heavy atom. The van der Waals surface area contributed by atoms with Crippen LogP contribution in [-0.2, 0) is 14.2 Å². The molecule has 7 nitrogen and oxygen atoms in total. The van der Waals surface area contributed by atoms with Crippen molar-refractivity contribution in [3.05, 3.63) is 54.1 Å². The summed E-state index contributed by atoms with van der Waals surface area (Å²) in [5, 5.41) is 0. The van der Waals surface area contributed by atoms with E-state index in [1.165, 1.54) is 6.20 Å². The molecule has 1 atom stereocenters. The van der Waals surface area contributed by atoms with Gasteiger partial charge in [-0.3, -0.25) is 0 Å². The van der Waals surface area contributed by atoms with Gasteiger partial charge >= 0.3 is 12.1 Å². The summed E-state index contributed by atoms with van der Waals surface area (Å²) < 4.78 is 17.3. The molecule has 0 amide bonds. The van der Waals surface area contributed by atoms with Crippen LogP contribution in [0.3, 0.4) is 0 Å². The summed E-state index contributed by atoms with van der Waals surface area (Å²) in [6, 6.07) is 9.78. The van der Waals surface area contributed by atoms with E-state index in [4.69, 9.17) is 14.2 Å². The number of hydrogen-bond donors (Lipinski definition) is 0. The minimum atomic E-state index is -0.819. The van der Waals surface area contributed by atoms with Crippen LogP contribution in [0.5, 0.6) is 0 Å². The molecule has 1 aromatic heterocycles. The summed E-state index contributed by atoms with van der Waals surface area (Å²) in [5.41, 5.74) is 0.607. The molecular formula is C21H28N2O5. The molecule has 2 aromatic rings. The van der Waals surface area contributed by atoms with Gasteiger partial charge < -0.3 is 18.8 Å². The van der Waals surface area contributed by atoms with E-state index in [1.54, 1.807) is 38.6 Å². The molecule has 0 fully saturated rings. The van der Waals surface area contributed by atoms with Crippen molar-refractivity contribution in [3.63, 3.8) is 0 Å². The van der Waals surface area contributed by atoms with Gasteiger partial charge in [-0.1, -0.05) is 30.3 Å². The average molecular weight is 388 g/mol. The summed E-state index contributed by atoms with van der Waals surface area (Å²) >= 11 is 0. The fourth-order valence-electron chi connectivity index (χ4n) is 2.62. The molecule has 1 aromatic carbocycles. The molecule has 152 valence electrons. The lowest BCUT2D eigenvalue weighted by atomic mass is 10.1. The SMILES string of the molecule is CC(C)OC(=O)OCCC(C)(C)OC(=O)c1cncn1[C@H](C)c1ccccc1. The smallest absolute Gasteiger partial charge is 0.455 e. The minimum Gasteiger partial charge on any atom is -0.455 e. The molecule has 0 saturated carbocycles. The van der Waals surface area contributed by atoms with E-state index in [2.05, 4.69) is 4.98 Å².